The average molecular weight is 358 g/mol. The first-order chi connectivity index (χ1) is 13.1. The van der Waals surface area contributed by atoms with Crippen molar-refractivity contribution in [1.29, 1.82) is 0 Å². The van der Waals surface area contributed by atoms with Crippen LogP contribution in [-0.4, -0.2) is 15.6 Å². The van der Waals surface area contributed by atoms with Crippen molar-refractivity contribution in [3.63, 3.8) is 0 Å². The zero-order valence-corrected chi connectivity index (χ0v) is 14.1. The molecule has 0 atom stereocenters. The molecule has 6 nitrogen and oxygen atoms in total. The second-order valence-electron chi connectivity index (χ2n) is 5.93. The molecular weight excluding hydrogens is 344 g/mol. The van der Waals surface area contributed by atoms with Crippen LogP contribution in [-0.2, 0) is 0 Å². The summed E-state index contributed by atoms with van der Waals surface area (Å²) < 4.78 is 1.49. The molecule has 0 saturated carbocycles. The predicted molar refractivity (Wildman–Crippen MR) is 101 cm³/mol. The van der Waals surface area contributed by atoms with E-state index >= 15 is 0 Å². The van der Waals surface area contributed by atoms with Gasteiger partial charge in [-0.25, -0.2) is 4.79 Å². The van der Waals surface area contributed by atoms with Crippen LogP contribution in [0.2, 0.25) is 0 Å². The van der Waals surface area contributed by atoms with Gasteiger partial charge in [-0.05, 0) is 24.3 Å². The molecule has 0 aliphatic carbocycles. The third kappa shape index (κ3) is 3.16. The number of nitrogens with zero attached hydrogens (tertiary/aromatic N) is 2. The Balaban J connectivity index is 1.74. The molecule has 132 valence electrons. The first-order valence-electron chi connectivity index (χ1n) is 8.26. The van der Waals surface area contributed by atoms with Crippen LogP contribution in [0.3, 0.4) is 0 Å². The van der Waals surface area contributed by atoms with Crippen molar-refractivity contribution in [3.8, 4) is 11.3 Å². The number of aromatic nitrogens is 1. The summed E-state index contributed by atoms with van der Waals surface area (Å²) in [5, 5.41) is 11.7. The van der Waals surface area contributed by atoms with Crippen LogP contribution in [0, 0.1) is 10.1 Å². The molecule has 1 heterocycles. The van der Waals surface area contributed by atoms with Gasteiger partial charge < -0.3 is 4.84 Å². The standard InChI is InChI=1S/C21H14N2O4/c24-21(16-10-12-18(13-11-16)23(25)26)27-22-19-9-5-4-8-17(19)14-20(22)15-6-2-1-3-7-15/h1-14H. The molecule has 3 aromatic carbocycles. The highest BCUT2D eigenvalue weighted by Crippen LogP contribution is 2.27. The Bertz CT molecular complexity index is 1130. The van der Waals surface area contributed by atoms with Crippen molar-refractivity contribution in [3.05, 3.63) is 101 Å². The zero-order chi connectivity index (χ0) is 18.8. The maximum atomic E-state index is 12.6. The number of benzene rings is 3. The number of hydrogen-bond donors (Lipinski definition) is 0. The minimum atomic E-state index is -0.594. The van der Waals surface area contributed by atoms with E-state index in [1.807, 2.05) is 60.7 Å². The quantitative estimate of drug-likeness (QED) is 0.398. The number of nitro groups is 1. The fourth-order valence-electron chi connectivity index (χ4n) is 2.89. The van der Waals surface area contributed by atoms with Gasteiger partial charge in [-0.2, -0.15) is 4.73 Å². The molecule has 0 unspecified atom stereocenters. The first kappa shape index (κ1) is 16.5. The maximum absolute atomic E-state index is 12.6. The first-order valence-corrected chi connectivity index (χ1v) is 8.26. The van der Waals surface area contributed by atoms with Crippen molar-refractivity contribution in [2.45, 2.75) is 0 Å². The Morgan fingerprint density at radius 3 is 2.26 bits per heavy atom. The van der Waals surface area contributed by atoms with Gasteiger partial charge in [0.25, 0.3) is 5.69 Å². The lowest BCUT2D eigenvalue weighted by Crippen LogP contribution is -2.20. The second kappa shape index (κ2) is 6.76. The van der Waals surface area contributed by atoms with E-state index in [2.05, 4.69) is 0 Å². The largest absolute Gasteiger partial charge is 0.363 e. The number of non-ortho nitro benzene ring substituents is 1. The van der Waals surface area contributed by atoms with Crippen molar-refractivity contribution < 1.29 is 14.6 Å². The van der Waals surface area contributed by atoms with Crippen molar-refractivity contribution in [2.24, 2.45) is 0 Å². The highest BCUT2D eigenvalue weighted by molar-refractivity contribution is 5.92. The summed E-state index contributed by atoms with van der Waals surface area (Å²) in [6, 6.07) is 24.5. The van der Waals surface area contributed by atoms with Crippen LogP contribution in [0.15, 0.2) is 84.9 Å². The number of para-hydroxylation sites is 1. The van der Waals surface area contributed by atoms with Crippen LogP contribution >= 0.6 is 0 Å². The fraction of sp³-hybridized carbons (Fsp3) is 0. The van der Waals surface area contributed by atoms with Gasteiger partial charge in [0, 0.05) is 23.1 Å². The van der Waals surface area contributed by atoms with Crippen LogP contribution in [0.4, 0.5) is 5.69 Å². The number of carbonyl (C=O) groups is 1. The summed E-state index contributed by atoms with van der Waals surface area (Å²) in [4.78, 5) is 28.5. The molecule has 0 N–H and O–H groups in total. The van der Waals surface area contributed by atoms with Gasteiger partial charge in [-0.3, -0.25) is 10.1 Å². The Kier molecular flexibility index (Phi) is 4.14. The molecule has 6 heteroatoms. The number of hydrogen-bond acceptors (Lipinski definition) is 4. The molecule has 0 aliphatic heterocycles. The SMILES string of the molecule is O=C(On1c(-c2ccccc2)cc2ccccc21)c1ccc([N+](=O)[O-])cc1. The smallest absolute Gasteiger partial charge is 0.330 e. The number of carbonyl (C=O) groups excluding carboxylic acids is 1. The molecule has 4 aromatic rings. The van der Waals surface area contributed by atoms with Crippen molar-refractivity contribution >= 4 is 22.6 Å². The van der Waals surface area contributed by atoms with E-state index in [9.17, 15) is 14.9 Å². The van der Waals surface area contributed by atoms with E-state index in [0.717, 1.165) is 22.2 Å². The van der Waals surface area contributed by atoms with E-state index in [-0.39, 0.29) is 11.3 Å². The molecule has 0 aliphatic rings. The molecule has 4 rings (SSSR count). The van der Waals surface area contributed by atoms with Crippen molar-refractivity contribution in [2.75, 3.05) is 0 Å². The molecular formula is C21H14N2O4. The van der Waals surface area contributed by atoms with E-state index < -0.39 is 10.9 Å². The highest BCUT2D eigenvalue weighted by atomic mass is 16.7. The van der Waals surface area contributed by atoms with Gasteiger partial charge in [-0.1, -0.05) is 48.5 Å². The van der Waals surface area contributed by atoms with Gasteiger partial charge in [0.1, 0.15) is 0 Å². The zero-order valence-electron chi connectivity index (χ0n) is 14.1. The molecule has 0 spiro atoms. The normalized spacial score (nSPS) is 10.7. The third-order valence-corrected chi connectivity index (χ3v) is 4.22. The van der Waals surface area contributed by atoms with E-state index in [1.165, 1.54) is 29.0 Å². The lowest BCUT2D eigenvalue weighted by atomic mass is 10.1. The van der Waals surface area contributed by atoms with Gasteiger partial charge in [-0.15, -0.1) is 0 Å². The molecule has 1 aromatic heterocycles. The minimum absolute atomic E-state index is 0.0806. The Labute approximate surface area is 154 Å². The lowest BCUT2D eigenvalue weighted by molar-refractivity contribution is -0.384. The summed E-state index contributed by atoms with van der Waals surface area (Å²) in [5.41, 5.74) is 2.56. The highest BCUT2D eigenvalue weighted by Gasteiger charge is 2.17. The Hall–Kier alpha value is -3.93. The van der Waals surface area contributed by atoms with Gasteiger partial charge >= 0.3 is 5.97 Å². The summed E-state index contributed by atoms with van der Waals surface area (Å²) in [7, 11) is 0. The Morgan fingerprint density at radius 1 is 0.889 bits per heavy atom. The maximum Gasteiger partial charge on any atom is 0.363 e. The summed E-state index contributed by atoms with van der Waals surface area (Å²) >= 11 is 0. The average Bonchev–Trinajstić information content (AvgIpc) is 3.07. The summed E-state index contributed by atoms with van der Waals surface area (Å²) in [5.74, 6) is -0.594. The van der Waals surface area contributed by atoms with Gasteiger partial charge in [0.05, 0.1) is 21.7 Å². The number of rotatable bonds is 4. The fourth-order valence-corrected chi connectivity index (χ4v) is 2.89. The Morgan fingerprint density at radius 2 is 1.56 bits per heavy atom. The van der Waals surface area contributed by atoms with Crippen LogP contribution in [0.25, 0.3) is 22.2 Å². The van der Waals surface area contributed by atoms with Gasteiger partial charge in [0.2, 0.25) is 0 Å². The number of nitro benzene ring substituents is 1. The minimum Gasteiger partial charge on any atom is -0.330 e. The molecule has 0 fully saturated rings. The van der Waals surface area contributed by atoms with E-state index in [4.69, 9.17) is 4.84 Å². The van der Waals surface area contributed by atoms with Crippen LogP contribution in [0.5, 0.6) is 0 Å². The topological polar surface area (TPSA) is 74.4 Å². The third-order valence-electron chi connectivity index (χ3n) is 4.22. The summed E-state index contributed by atoms with van der Waals surface area (Å²) in [6.07, 6.45) is 0. The predicted octanol–water partition coefficient (Wildman–Crippen LogP) is 4.49. The second-order valence-corrected chi connectivity index (χ2v) is 5.93. The summed E-state index contributed by atoms with van der Waals surface area (Å²) in [6.45, 7) is 0. The molecule has 0 amide bonds. The lowest BCUT2D eigenvalue weighted by Gasteiger charge is -2.11. The monoisotopic (exact) mass is 358 g/mol. The van der Waals surface area contributed by atoms with Crippen molar-refractivity contribution in [1.82, 2.24) is 4.73 Å². The van der Waals surface area contributed by atoms with Crippen LogP contribution < -0.4 is 4.84 Å². The molecule has 0 saturated heterocycles. The molecule has 0 bridgehead atoms. The van der Waals surface area contributed by atoms with E-state index in [0.29, 0.717) is 0 Å². The number of fused-ring (bicyclic) bond motifs is 1. The molecule has 0 radical (unpaired) electrons. The van der Waals surface area contributed by atoms with Gasteiger partial charge in [0.15, 0.2) is 0 Å². The molecule has 27 heavy (non-hydrogen) atoms. The van der Waals surface area contributed by atoms with Crippen LogP contribution in [0.1, 0.15) is 10.4 Å². The van der Waals surface area contributed by atoms with E-state index in [1.54, 1.807) is 0 Å².